The normalized spacial score (nSPS) is 10.8. The molecular formula is C14H14N2O3. The van der Waals surface area contributed by atoms with Gasteiger partial charge in [0.1, 0.15) is 0 Å². The Bertz CT molecular complexity index is 675. The van der Waals surface area contributed by atoms with E-state index in [2.05, 4.69) is 10.2 Å². The Morgan fingerprint density at radius 2 is 2.11 bits per heavy atom. The summed E-state index contributed by atoms with van der Waals surface area (Å²) in [6, 6.07) is 6.58. The molecule has 2 aromatic rings. The summed E-state index contributed by atoms with van der Waals surface area (Å²) >= 11 is 0. The van der Waals surface area contributed by atoms with Crippen LogP contribution in [0.1, 0.15) is 16.8 Å². The summed E-state index contributed by atoms with van der Waals surface area (Å²) in [7, 11) is 1.50. The number of hydrogen-bond acceptors (Lipinski definition) is 4. The fraction of sp³-hybridized carbons (Fsp3) is 0.143. The largest absolute Gasteiger partial charge is 0.504 e. The monoisotopic (exact) mass is 258 g/mol. The molecule has 0 fully saturated rings. The second-order valence-corrected chi connectivity index (χ2v) is 4.07. The molecule has 0 saturated carbocycles. The molecule has 0 atom stereocenters. The maximum atomic E-state index is 11.0. The van der Waals surface area contributed by atoms with Gasteiger partial charge in [0.15, 0.2) is 11.5 Å². The van der Waals surface area contributed by atoms with Crippen LogP contribution in [-0.4, -0.2) is 22.4 Å². The quantitative estimate of drug-likeness (QED) is 0.882. The Hall–Kier alpha value is -2.56. The Morgan fingerprint density at radius 1 is 1.32 bits per heavy atom. The van der Waals surface area contributed by atoms with Crippen molar-refractivity contribution in [1.82, 2.24) is 10.2 Å². The van der Waals surface area contributed by atoms with Crippen LogP contribution in [0.5, 0.6) is 11.5 Å². The molecule has 2 rings (SSSR count). The highest BCUT2D eigenvalue weighted by atomic mass is 16.5. The molecule has 1 aromatic heterocycles. The molecule has 0 amide bonds. The van der Waals surface area contributed by atoms with Crippen molar-refractivity contribution in [3.63, 3.8) is 0 Å². The number of rotatable bonds is 3. The third-order valence-electron chi connectivity index (χ3n) is 2.67. The second-order valence-electron chi connectivity index (χ2n) is 4.07. The number of aromatic amines is 1. The number of hydrogen-bond donors (Lipinski definition) is 2. The Kier molecular flexibility index (Phi) is 3.66. The van der Waals surface area contributed by atoms with Gasteiger partial charge in [-0.2, -0.15) is 5.10 Å². The van der Waals surface area contributed by atoms with Gasteiger partial charge in [-0.15, -0.1) is 0 Å². The third kappa shape index (κ3) is 3.01. The Balaban J connectivity index is 2.27. The first kappa shape index (κ1) is 12.9. The lowest BCUT2D eigenvalue weighted by molar-refractivity contribution is 0.373. The zero-order valence-corrected chi connectivity index (χ0v) is 10.7. The first-order chi connectivity index (χ1) is 9.10. The fourth-order valence-electron chi connectivity index (χ4n) is 1.66. The summed E-state index contributed by atoms with van der Waals surface area (Å²) in [5.41, 5.74) is 2.05. The van der Waals surface area contributed by atoms with Crippen molar-refractivity contribution >= 4 is 12.2 Å². The Labute approximate surface area is 110 Å². The number of aromatic hydroxyl groups is 1. The maximum absolute atomic E-state index is 11.0. The average molecular weight is 258 g/mol. The van der Waals surface area contributed by atoms with Gasteiger partial charge in [0.2, 0.25) is 0 Å². The van der Waals surface area contributed by atoms with E-state index in [-0.39, 0.29) is 11.3 Å². The average Bonchev–Trinajstić information content (AvgIpc) is 2.38. The summed E-state index contributed by atoms with van der Waals surface area (Å²) in [6.07, 6.45) is 3.57. The van der Waals surface area contributed by atoms with E-state index in [1.54, 1.807) is 24.3 Å². The number of methoxy groups -OCH3 is 1. The highest BCUT2D eigenvalue weighted by Crippen LogP contribution is 2.26. The van der Waals surface area contributed by atoms with Gasteiger partial charge >= 0.3 is 0 Å². The smallest absolute Gasteiger partial charge is 0.264 e. The first-order valence-corrected chi connectivity index (χ1v) is 5.71. The number of ether oxygens (including phenoxy) is 1. The lowest BCUT2D eigenvalue weighted by Gasteiger charge is -2.03. The van der Waals surface area contributed by atoms with Gasteiger partial charge in [-0.05, 0) is 36.3 Å². The lowest BCUT2D eigenvalue weighted by Crippen LogP contribution is -2.08. The minimum atomic E-state index is -0.225. The number of aromatic nitrogens is 2. The van der Waals surface area contributed by atoms with Crippen molar-refractivity contribution in [3.8, 4) is 11.5 Å². The molecular weight excluding hydrogens is 244 g/mol. The number of phenols is 1. The molecule has 0 aliphatic heterocycles. The summed E-state index contributed by atoms with van der Waals surface area (Å²) in [5, 5.41) is 16.0. The number of H-pyrrole nitrogens is 1. The zero-order chi connectivity index (χ0) is 13.8. The van der Waals surface area contributed by atoms with Crippen LogP contribution >= 0.6 is 0 Å². The summed E-state index contributed by atoms with van der Waals surface area (Å²) < 4.78 is 4.97. The van der Waals surface area contributed by atoms with E-state index in [1.807, 2.05) is 13.0 Å². The van der Waals surface area contributed by atoms with Crippen LogP contribution in [0.15, 0.2) is 29.1 Å². The number of phenolic OH excluding ortho intramolecular Hbond substituents is 1. The van der Waals surface area contributed by atoms with E-state index in [0.717, 1.165) is 11.1 Å². The van der Waals surface area contributed by atoms with E-state index in [1.165, 1.54) is 13.2 Å². The molecule has 0 saturated heterocycles. The van der Waals surface area contributed by atoms with Gasteiger partial charge in [0.05, 0.1) is 12.8 Å². The van der Waals surface area contributed by atoms with Gasteiger partial charge in [-0.1, -0.05) is 12.1 Å². The molecule has 0 unspecified atom stereocenters. The standard InChI is InChI=1S/C14H14N2O3/c1-9-7-14(18)16-15-11(9)5-3-10-4-6-13(19-2)12(17)8-10/h3-8,17H,1-2H3,(H,16,18). The molecule has 98 valence electrons. The second kappa shape index (κ2) is 5.39. The predicted octanol–water partition coefficient (Wildman–Crippen LogP) is 1.96. The SMILES string of the molecule is COc1ccc(C=Cc2n[nH]c(=O)cc2C)cc1O. The highest BCUT2D eigenvalue weighted by molar-refractivity contribution is 5.70. The van der Waals surface area contributed by atoms with Crippen molar-refractivity contribution in [2.45, 2.75) is 6.92 Å². The molecule has 1 aromatic carbocycles. The molecule has 0 radical (unpaired) electrons. The van der Waals surface area contributed by atoms with Gasteiger partial charge in [-0.3, -0.25) is 4.79 Å². The minimum absolute atomic E-state index is 0.0794. The number of nitrogens with one attached hydrogen (secondary N) is 1. The number of aryl methyl sites for hydroxylation is 1. The highest BCUT2D eigenvalue weighted by Gasteiger charge is 2.01. The van der Waals surface area contributed by atoms with Crippen LogP contribution in [0.4, 0.5) is 0 Å². The molecule has 19 heavy (non-hydrogen) atoms. The van der Waals surface area contributed by atoms with Gasteiger partial charge in [0, 0.05) is 6.07 Å². The molecule has 0 aliphatic rings. The summed E-state index contributed by atoms with van der Waals surface area (Å²) in [5.74, 6) is 0.506. The third-order valence-corrected chi connectivity index (χ3v) is 2.67. The molecule has 2 N–H and O–H groups in total. The topological polar surface area (TPSA) is 75.2 Å². The molecule has 5 nitrogen and oxygen atoms in total. The van der Waals surface area contributed by atoms with Crippen molar-refractivity contribution < 1.29 is 9.84 Å². The van der Waals surface area contributed by atoms with Gasteiger partial charge in [0.25, 0.3) is 5.56 Å². The molecule has 5 heteroatoms. The van der Waals surface area contributed by atoms with Gasteiger partial charge < -0.3 is 9.84 Å². The molecule has 1 heterocycles. The zero-order valence-electron chi connectivity index (χ0n) is 10.7. The number of benzene rings is 1. The van der Waals surface area contributed by atoms with Crippen LogP contribution in [0, 0.1) is 6.92 Å². The van der Waals surface area contributed by atoms with Crippen molar-refractivity contribution in [1.29, 1.82) is 0 Å². The van der Waals surface area contributed by atoms with Crippen molar-refractivity contribution in [2.75, 3.05) is 7.11 Å². The fourth-order valence-corrected chi connectivity index (χ4v) is 1.66. The maximum Gasteiger partial charge on any atom is 0.264 e. The van der Waals surface area contributed by atoms with E-state index < -0.39 is 0 Å². The van der Waals surface area contributed by atoms with Crippen molar-refractivity contribution in [2.24, 2.45) is 0 Å². The minimum Gasteiger partial charge on any atom is -0.504 e. The van der Waals surface area contributed by atoms with Crippen LogP contribution in [0.2, 0.25) is 0 Å². The Morgan fingerprint density at radius 3 is 2.74 bits per heavy atom. The molecule has 0 bridgehead atoms. The summed E-state index contributed by atoms with van der Waals surface area (Å²) in [4.78, 5) is 11.0. The number of nitrogens with zero attached hydrogens (tertiary/aromatic N) is 1. The van der Waals surface area contributed by atoms with Crippen LogP contribution in [0.3, 0.4) is 0 Å². The summed E-state index contributed by atoms with van der Waals surface area (Å²) in [6.45, 7) is 1.81. The molecule has 0 spiro atoms. The van der Waals surface area contributed by atoms with E-state index in [4.69, 9.17) is 4.74 Å². The van der Waals surface area contributed by atoms with Crippen molar-refractivity contribution in [3.05, 3.63) is 51.4 Å². The lowest BCUT2D eigenvalue weighted by atomic mass is 10.1. The van der Waals surface area contributed by atoms with Gasteiger partial charge in [-0.25, -0.2) is 5.10 Å². The van der Waals surface area contributed by atoms with Crippen LogP contribution < -0.4 is 10.3 Å². The van der Waals surface area contributed by atoms with Crippen LogP contribution in [0.25, 0.3) is 12.2 Å². The van der Waals surface area contributed by atoms with E-state index >= 15 is 0 Å². The van der Waals surface area contributed by atoms with Crippen LogP contribution in [-0.2, 0) is 0 Å². The molecule has 0 aliphatic carbocycles. The van der Waals surface area contributed by atoms with E-state index in [9.17, 15) is 9.90 Å². The predicted molar refractivity (Wildman–Crippen MR) is 73.2 cm³/mol. The van der Waals surface area contributed by atoms with E-state index in [0.29, 0.717) is 11.4 Å². The first-order valence-electron chi connectivity index (χ1n) is 5.71.